The molecule has 1 saturated heterocycles. The Hall–Kier alpha value is -5.12. The molecule has 1 aliphatic heterocycles. The molecule has 1 fully saturated rings. The summed E-state index contributed by atoms with van der Waals surface area (Å²) in [5.41, 5.74) is 0.727. The third-order valence-corrected chi connectivity index (χ3v) is 6.54. The number of ether oxygens (including phenoxy) is 3. The van der Waals surface area contributed by atoms with Crippen molar-refractivity contribution in [3.8, 4) is 17.2 Å². The first-order valence-electron chi connectivity index (χ1n) is 12.3. The number of imide groups is 1. The van der Waals surface area contributed by atoms with Gasteiger partial charge in [0.15, 0.2) is 5.78 Å². The number of methoxy groups -OCH3 is 3. The molecule has 3 aromatic carbocycles. The predicted molar refractivity (Wildman–Crippen MR) is 149 cm³/mol. The second-order valence-electron chi connectivity index (χ2n) is 9.08. The zero-order chi connectivity index (χ0) is 28.9. The van der Waals surface area contributed by atoms with Crippen molar-refractivity contribution in [2.75, 3.05) is 33.2 Å². The van der Waals surface area contributed by atoms with Gasteiger partial charge in [0.1, 0.15) is 29.3 Å². The van der Waals surface area contributed by atoms with E-state index in [1.165, 1.54) is 27.4 Å². The van der Waals surface area contributed by atoms with Crippen LogP contribution in [0.3, 0.4) is 0 Å². The number of ketones is 1. The molecule has 2 N–H and O–H groups in total. The standard InChI is InChI=1S/C30H29N3O7/c1-30(20-8-6-5-7-9-20)28(36)33(29(37)32-30)18-27(35)31-21-12-10-19(11-13-21)24(34)15-14-23-25(39-3)16-22(38-2)17-26(23)40-4/h5-17H,18H2,1-4H3,(H,31,35)(H,32,37)/b15-14+. The van der Waals surface area contributed by atoms with E-state index in [-0.39, 0.29) is 5.78 Å². The van der Waals surface area contributed by atoms with Gasteiger partial charge in [0.25, 0.3) is 5.91 Å². The van der Waals surface area contributed by atoms with Crippen LogP contribution in [-0.2, 0) is 15.1 Å². The summed E-state index contributed by atoms with van der Waals surface area (Å²) in [6.07, 6.45) is 2.98. The Labute approximate surface area is 231 Å². The zero-order valence-electron chi connectivity index (χ0n) is 22.5. The molecular weight excluding hydrogens is 514 g/mol. The smallest absolute Gasteiger partial charge is 0.325 e. The van der Waals surface area contributed by atoms with Gasteiger partial charge in [0.05, 0.1) is 26.9 Å². The first kappa shape index (κ1) is 27.9. The highest BCUT2D eigenvalue weighted by molar-refractivity contribution is 6.10. The van der Waals surface area contributed by atoms with E-state index in [0.717, 1.165) is 4.90 Å². The van der Waals surface area contributed by atoms with Crippen molar-refractivity contribution in [2.24, 2.45) is 0 Å². The van der Waals surface area contributed by atoms with Crippen molar-refractivity contribution in [1.29, 1.82) is 0 Å². The number of hydrogen-bond acceptors (Lipinski definition) is 7. The summed E-state index contributed by atoms with van der Waals surface area (Å²) in [6.45, 7) is 1.15. The second-order valence-corrected chi connectivity index (χ2v) is 9.08. The highest BCUT2D eigenvalue weighted by Crippen LogP contribution is 2.35. The number of allylic oxidation sites excluding steroid dienone is 1. The van der Waals surface area contributed by atoms with E-state index in [2.05, 4.69) is 10.6 Å². The van der Waals surface area contributed by atoms with E-state index in [0.29, 0.717) is 39.6 Å². The number of nitrogens with one attached hydrogen (secondary N) is 2. The maximum absolute atomic E-state index is 13.0. The van der Waals surface area contributed by atoms with Crippen LogP contribution in [0.15, 0.2) is 72.8 Å². The minimum Gasteiger partial charge on any atom is -0.496 e. The van der Waals surface area contributed by atoms with Gasteiger partial charge in [-0.2, -0.15) is 0 Å². The largest absolute Gasteiger partial charge is 0.496 e. The maximum atomic E-state index is 13.0. The molecule has 0 radical (unpaired) electrons. The fourth-order valence-electron chi connectivity index (χ4n) is 4.32. The zero-order valence-corrected chi connectivity index (χ0v) is 22.5. The first-order chi connectivity index (χ1) is 19.2. The van der Waals surface area contributed by atoms with Gasteiger partial charge in [-0.05, 0) is 48.9 Å². The van der Waals surface area contributed by atoms with Gasteiger partial charge in [-0.3, -0.25) is 19.3 Å². The maximum Gasteiger partial charge on any atom is 0.325 e. The van der Waals surface area contributed by atoms with Crippen molar-refractivity contribution >= 4 is 35.4 Å². The number of amides is 4. The van der Waals surface area contributed by atoms with Crippen LogP contribution in [0.5, 0.6) is 17.2 Å². The molecule has 0 aliphatic carbocycles. The van der Waals surface area contributed by atoms with E-state index in [1.807, 2.05) is 6.07 Å². The molecule has 1 atom stereocenters. The fourth-order valence-corrected chi connectivity index (χ4v) is 4.32. The average Bonchev–Trinajstić information content (AvgIpc) is 3.19. The van der Waals surface area contributed by atoms with Crippen LogP contribution in [0.1, 0.15) is 28.4 Å². The molecule has 1 aliphatic rings. The number of urea groups is 1. The Kier molecular flexibility index (Phi) is 8.18. The van der Waals surface area contributed by atoms with Gasteiger partial charge in [-0.1, -0.05) is 30.3 Å². The summed E-state index contributed by atoms with van der Waals surface area (Å²) in [4.78, 5) is 51.8. The van der Waals surface area contributed by atoms with E-state index in [4.69, 9.17) is 14.2 Å². The van der Waals surface area contributed by atoms with Crippen LogP contribution in [0.4, 0.5) is 10.5 Å². The topological polar surface area (TPSA) is 123 Å². The fraction of sp³-hybridized carbons (Fsp3) is 0.200. The van der Waals surface area contributed by atoms with Gasteiger partial charge in [-0.25, -0.2) is 4.79 Å². The van der Waals surface area contributed by atoms with Crippen LogP contribution in [0.2, 0.25) is 0 Å². The van der Waals surface area contributed by atoms with Gasteiger partial charge in [0.2, 0.25) is 5.91 Å². The first-order valence-corrected chi connectivity index (χ1v) is 12.3. The van der Waals surface area contributed by atoms with Gasteiger partial charge in [0, 0.05) is 23.4 Å². The van der Waals surface area contributed by atoms with Gasteiger partial charge < -0.3 is 24.8 Å². The molecule has 40 heavy (non-hydrogen) atoms. The van der Waals surface area contributed by atoms with E-state index >= 15 is 0 Å². The molecular formula is C30H29N3O7. The van der Waals surface area contributed by atoms with Crippen LogP contribution < -0.4 is 24.8 Å². The SMILES string of the molecule is COc1cc(OC)c(/C=C/C(=O)c2ccc(NC(=O)CN3C(=O)NC(C)(c4ccccc4)C3=O)cc2)c(OC)c1. The van der Waals surface area contributed by atoms with Crippen LogP contribution in [0, 0.1) is 0 Å². The molecule has 4 rings (SSSR count). The second kappa shape index (κ2) is 11.7. The molecule has 0 spiro atoms. The summed E-state index contributed by atoms with van der Waals surface area (Å²) in [5, 5.41) is 5.33. The van der Waals surface area contributed by atoms with Crippen molar-refractivity contribution in [3.63, 3.8) is 0 Å². The Morgan fingerprint density at radius 3 is 2.12 bits per heavy atom. The Morgan fingerprint density at radius 2 is 1.55 bits per heavy atom. The minimum absolute atomic E-state index is 0.280. The molecule has 10 nitrogen and oxygen atoms in total. The summed E-state index contributed by atoms with van der Waals surface area (Å²) in [5.74, 6) is 0.155. The van der Waals surface area contributed by atoms with E-state index in [9.17, 15) is 19.2 Å². The lowest BCUT2D eigenvalue weighted by Crippen LogP contribution is -2.42. The Balaban J connectivity index is 1.40. The average molecular weight is 544 g/mol. The van der Waals surface area contributed by atoms with Crippen LogP contribution in [-0.4, -0.2) is 56.4 Å². The van der Waals surface area contributed by atoms with Crippen molar-refractivity contribution in [3.05, 3.63) is 89.5 Å². The number of benzene rings is 3. The van der Waals surface area contributed by atoms with Crippen molar-refractivity contribution in [2.45, 2.75) is 12.5 Å². The van der Waals surface area contributed by atoms with Gasteiger partial charge in [-0.15, -0.1) is 0 Å². The number of carbonyl (C=O) groups is 4. The third-order valence-electron chi connectivity index (χ3n) is 6.54. The number of anilines is 1. The summed E-state index contributed by atoms with van der Waals surface area (Å²) in [6, 6.07) is 17.8. The number of hydrogen-bond donors (Lipinski definition) is 2. The molecule has 3 aromatic rings. The summed E-state index contributed by atoms with van der Waals surface area (Å²) < 4.78 is 16.0. The molecule has 10 heteroatoms. The number of carbonyl (C=O) groups excluding carboxylic acids is 4. The lowest BCUT2D eigenvalue weighted by molar-refractivity contribution is -0.133. The Morgan fingerprint density at radius 1 is 0.925 bits per heavy atom. The van der Waals surface area contributed by atoms with Crippen LogP contribution >= 0.6 is 0 Å². The predicted octanol–water partition coefficient (Wildman–Crippen LogP) is 4.01. The van der Waals surface area contributed by atoms with E-state index in [1.54, 1.807) is 73.7 Å². The number of rotatable bonds is 10. The molecule has 0 bridgehead atoms. The minimum atomic E-state index is -1.26. The van der Waals surface area contributed by atoms with Crippen molar-refractivity contribution in [1.82, 2.24) is 10.2 Å². The molecule has 0 aromatic heterocycles. The summed E-state index contributed by atoms with van der Waals surface area (Å²) >= 11 is 0. The molecule has 1 unspecified atom stereocenters. The lowest BCUT2D eigenvalue weighted by atomic mass is 9.92. The quantitative estimate of drug-likeness (QED) is 0.225. The third kappa shape index (κ3) is 5.65. The molecule has 206 valence electrons. The molecule has 1 heterocycles. The lowest BCUT2D eigenvalue weighted by Gasteiger charge is -2.22. The highest BCUT2D eigenvalue weighted by Gasteiger charge is 2.49. The molecule has 0 saturated carbocycles. The Bertz CT molecular complexity index is 1440. The van der Waals surface area contributed by atoms with Crippen molar-refractivity contribution < 1.29 is 33.4 Å². The normalized spacial score (nSPS) is 16.6. The monoisotopic (exact) mass is 543 g/mol. The molecule has 4 amide bonds. The highest BCUT2D eigenvalue weighted by atomic mass is 16.5. The van der Waals surface area contributed by atoms with Gasteiger partial charge >= 0.3 is 6.03 Å². The number of nitrogens with zero attached hydrogens (tertiary/aromatic N) is 1. The van der Waals surface area contributed by atoms with Crippen LogP contribution in [0.25, 0.3) is 6.08 Å². The van der Waals surface area contributed by atoms with E-state index < -0.39 is 29.9 Å². The summed E-state index contributed by atoms with van der Waals surface area (Å²) in [7, 11) is 4.55.